The summed E-state index contributed by atoms with van der Waals surface area (Å²) in [5.74, 6) is -0.452. The normalized spacial score (nSPS) is 11.0. The molecular formula is C18H18Cl2N2O2. The highest BCUT2D eigenvalue weighted by Crippen LogP contribution is 2.26. The van der Waals surface area contributed by atoms with E-state index in [9.17, 15) is 9.59 Å². The summed E-state index contributed by atoms with van der Waals surface area (Å²) in [6.07, 6.45) is 0. The summed E-state index contributed by atoms with van der Waals surface area (Å²) in [5, 5.41) is 6.36. The van der Waals surface area contributed by atoms with Crippen LogP contribution in [0.3, 0.4) is 0 Å². The van der Waals surface area contributed by atoms with Crippen LogP contribution in [0.25, 0.3) is 0 Å². The van der Waals surface area contributed by atoms with E-state index >= 15 is 0 Å². The summed E-state index contributed by atoms with van der Waals surface area (Å²) in [4.78, 5) is 24.4. The van der Waals surface area contributed by atoms with Gasteiger partial charge in [0, 0.05) is 21.7 Å². The van der Waals surface area contributed by atoms with E-state index in [1.165, 1.54) is 0 Å². The van der Waals surface area contributed by atoms with Crippen LogP contribution >= 0.6 is 23.2 Å². The number of carbonyl (C=O) groups is 2. The van der Waals surface area contributed by atoms with Crippen LogP contribution in [-0.4, -0.2) is 11.8 Å². The third-order valence-corrected chi connectivity index (χ3v) is 3.79. The average molecular weight is 365 g/mol. The van der Waals surface area contributed by atoms with Crippen LogP contribution < -0.4 is 10.6 Å². The molecule has 0 spiro atoms. The summed E-state index contributed by atoms with van der Waals surface area (Å²) < 4.78 is 0. The lowest BCUT2D eigenvalue weighted by atomic mass is 9.95. The average Bonchev–Trinajstić information content (AvgIpc) is 2.49. The lowest BCUT2D eigenvalue weighted by Crippen LogP contribution is -2.27. The van der Waals surface area contributed by atoms with Gasteiger partial charge < -0.3 is 10.6 Å². The molecule has 0 saturated carbocycles. The Kier molecular flexibility index (Phi) is 5.52. The zero-order chi connectivity index (χ0) is 17.9. The molecule has 2 aromatic carbocycles. The van der Waals surface area contributed by atoms with E-state index in [4.69, 9.17) is 23.2 Å². The number of halogens is 2. The van der Waals surface area contributed by atoms with Crippen molar-refractivity contribution in [1.82, 2.24) is 0 Å². The van der Waals surface area contributed by atoms with Crippen LogP contribution in [0.1, 0.15) is 31.1 Å². The first kappa shape index (κ1) is 18.3. The van der Waals surface area contributed by atoms with Gasteiger partial charge in [0.15, 0.2) is 0 Å². The molecule has 2 rings (SSSR count). The third kappa shape index (κ3) is 4.73. The van der Waals surface area contributed by atoms with Gasteiger partial charge >= 0.3 is 0 Å². The molecule has 0 radical (unpaired) electrons. The molecule has 0 bridgehead atoms. The predicted octanol–water partition coefficient (Wildman–Crippen LogP) is 5.23. The van der Waals surface area contributed by atoms with Gasteiger partial charge in [-0.15, -0.1) is 0 Å². The number of carbonyl (C=O) groups excluding carboxylic acids is 2. The van der Waals surface area contributed by atoms with Crippen molar-refractivity contribution in [2.45, 2.75) is 20.8 Å². The molecule has 2 N–H and O–H groups in total. The maximum absolute atomic E-state index is 12.4. The fourth-order valence-corrected chi connectivity index (χ4v) is 2.30. The van der Waals surface area contributed by atoms with Crippen LogP contribution in [0.15, 0.2) is 42.5 Å². The minimum atomic E-state index is -0.519. The van der Waals surface area contributed by atoms with Crippen molar-refractivity contribution in [3.8, 4) is 0 Å². The van der Waals surface area contributed by atoms with Crippen molar-refractivity contribution in [3.05, 3.63) is 58.1 Å². The highest BCUT2D eigenvalue weighted by atomic mass is 35.5. The van der Waals surface area contributed by atoms with E-state index in [0.717, 1.165) is 0 Å². The number of anilines is 2. The van der Waals surface area contributed by atoms with Crippen molar-refractivity contribution in [2.75, 3.05) is 10.6 Å². The summed E-state index contributed by atoms with van der Waals surface area (Å²) in [7, 11) is 0. The van der Waals surface area contributed by atoms with Gasteiger partial charge in [-0.3, -0.25) is 9.59 Å². The van der Waals surface area contributed by atoms with Crippen molar-refractivity contribution >= 4 is 46.4 Å². The van der Waals surface area contributed by atoms with Crippen LogP contribution in [-0.2, 0) is 4.79 Å². The first-order valence-electron chi connectivity index (χ1n) is 7.35. The van der Waals surface area contributed by atoms with Crippen LogP contribution in [0.5, 0.6) is 0 Å². The molecule has 0 atom stereocenters. The molecule has 0 unspecified atom stereocenters. The van der Waals surface area contributed by atoms with Gasteiger partial charge in [0.2, 0.25) is 5.91 Å². The maximum Gasteiger partial charge on any atom is 0.255 e. The Labute approximate surface area is 151 Å². The number of nitrogens with one attached hydrogen (secondary N) is 2. The highest BCUT2D eigenvalue weighted by molar-refractivity contribution is 6.36. The molecule has 0 fully saturated rings. The molecule has 0 saturated heterocycles. The van der Waals surface area contributed by atoms with Gasteiger partial charge in [0.05, 0.1) is 10.7 Å². The first-order chi connectivity index (χ1) is 11.2. The number of amides is 2. The minimum absolute atomic E-state index is 0.124. The Balaban J connectivity index is 2.16. The fraction of sp³-hybridized carbons (Fsp3) is 0.222. The zero-order valence-electron chi connectivity index (χ0n) is 13.6. The third-order valence-electron chi connectivity index (χ3n) is 3.24. The van der Waals surface area contributed by atoms with E-state index in [1.807, 2.05) is 20.8 Å². The second kappa shape index (κ2) is 7.24. The van der Waals surface area contributed by atoms with Crippen LogP contribution in [0.2, 0.25) is 10.0 Å². The van der Waals surface area contributed by atoms with Gasteiger partial charge in [-0.05, 0) is 36.4 Å². The summed E-state index contributed by atoms with van der Waals surface area (Å²) in [6, 6.07) is 11.5. The zero-order valence-corrected chi connectivity index (χ0v) is 15.1. The summed E-state index contributed by atoms with van der Waals surface area (Å²) in [6.45, 7) is 5.46. The molecule has 2 amide bonds. The van der Waals surface area contributed by atoms with E-state index in [1.54, 1.807) is 42.5 Å². The van der Waals surface area contributed by atoms with Gasteiger partial charge in [0.25, 0.3) is 5.91 Å². The number of hydrogen-bond donors (Lipinski definition) is 2. The van der Waals surface area contributed by atoms with Crippen molar-refractivity contribution in [2.24, 2.45) is 5.41 Å². The SMILES string of the molecule is CC(C)(C)C(=O)Nc1cccc(C(=O)Nc2ccc(Cl)cc2Cl)c1. The first-order valence-corrected chi connectivity index (χ1v) is 8.10. The topological polar surface area (TPSA) is 58.2 Å². The summed E-state index contributed by atoms with van der Waals surface area (Å²) in [5.41, 5.74) is 0.919. The second-order valence-corrected chi connectivity index (χ2v) is 7.21. The molecule has 4 nitrogen and oxygen atoms in total. The van der Waals surface area contributed by atoms with Crippen molar-refractivity contribution in [3.63, 3.8) is 0 Å². The molecule has 0 aliphatic rings. The monoisotopic (exact) mass is 364 g/mol. The Morgan fingerprint density at radius 3 is 2.29 bits per heavy atom. The standard InChI is InChI=1S/C18H18Cl2N2O2/c1-18(2,3)17(24)21-13-6-4-5-11(9-13)16(23)22-15-8-7-12(19)10-14(15)20/h4-10H,1-3H3,(H,21,24)(H,22,23). The van der Waals surface area contributed by atoms with E-state index in [-0.39, 0.29) is 11.8 Å². The second-order valence-electron chi connectivity index (χ2n) is 6.36. The Morgan fingerprint density at radius 1 is 0.958 bits per heavy atom. The molecule has 0 aromatic heterocycles. The maximum atomic E-state index is 12.4. The van der Waals surface area contributed by atoms with E-state index in [2.05, 4.69) is 10.6 Å². The van der Waals surface area contributed by atoms with Gasteiger partial charge in [0.1, 0.15) is 0 Å². The predicted molar refractivity (Wildman–Crippen MR) is 98.9 cm³/mol. The number of rotatable bonds is 3. The van der Waals surface area contributed by atoms with E-state index in [0.29, 0.717) is 27.0 Å². The lowest BCUT2D eigenvalue weighted by molar-refractivity contribution is -0.123. The molecule has 24 heavy (non-hydrogen) atoms. The minimum Gasteiger partial charge on any atom is -0.326 e. The molecule has 0 aliphatic heterocycles. The van der Waals surface area contributed by atoms with Crippen molar-refractivity contribution < 1.29 is 9.59 Å². The van der Waals surface area contributed by atoms with Gasteiger partial charge in [-0.25, -0.2) is 0 Å². The summed E-state index contributed by atoms with van der Waals surface area (Å²) >= 11 is 11.9. The fourth-order valence-electron chi connectivity index (χ4n) is 1.84. The Bertz CT molecular complexity index is 783. The highest BCUT2D eigenvalue weighted by Gasteiger charge is 2.21. The van der Waals surface area contributed by atoms with E-state index < -0.39 is 5.41 Å². The largest absolute Gasteiger partial charge is 0.326 e. The smallest absolute Gasteiger partial charge is 0.255 e. The van der Waals surface area contributed by atoms with Crippen LogP contribution in [0.4, 0.5) is 11.4 Å². The molecular weight excluding hydrogens is 347 g/mol. The molecule has 126 valence electrons. The number of hydrogen-bond acceptors (Lipinski definition) is 2. The lowest BCUT2D eigenvalue weighted by Gasteiger charge is -2.18. The Morgan fingerprint density at radius 2 is 1.67 bits per heavy atom. The molecule has 2 aromatic rings. The van der Waals surface area contributed by atoms with Crippen molar-refractivity contribution in [1.29, 1.82) is 0 Å². The van der Waals surface area contributed by atoms with Gasteiger partial charge in [-0.1, -0.05) is 50.0 Å². The number of benzene rings is 2. The van der Waals surface area contributed by atoms with Gasteiger partial charge in [-0.2, -0.15) is 0 Å². The quantitative estimate of drug-likeness (QED) is 0.782. The Hall–Kier alpha value is -2.04. The van der Waals surface area contributed by atoms with Crippen LogP contribution in [0, 0.1) is 5.41 Å². The molecule has 6 heteroatoms. The molecule has 0 heterocycles. The molecule has 0 aliphatic carbocycles.